The number of hydrogen-bond acceptors (Lipinski definition) is 6. The van der Waals surface area contributed by atoms with Crippen molar-refractivity contribution in [3.05, 3.63) is 33.1 Å². The molecule has 8 nitrogen and oxygen atoms in total. The van der Waals surface area contributed by atoms with Crippen LogP contribution in [0.5, 0.6) is 0 Å². The molecular formula is C18H32N2O6Si. The minimum absolute atomic E-state index is 0.240. The molecule has 0 saturated carbocycles. The summed E-state index contributed by atoms with van der Waals surface area (Å²) in [4.78, 5) is 25.9. The summed E-state index contributed by atoms with van der Waals surface area (Å²) in [6.45, 7) is 10.7. The third-order valence-electron chi connectivity index (χ3n) is 5.36. The molecule has 1 aromatic rings. The van der Waals surface area contributed by atoms with Gasteiger partial charge in [0.25, 0.3) is 5.56 Å². The van der Waals surface area contributed by atoms with E-state index >= 15 is 0 Å². The number of aliphatic hydroxyl groups is 1. The molecule has 1 aliphatic heterocycles. The summed E-state index contributed by atoms with van der Waals surface area (Å²) in [6.07, 6.45) is 1.01. The SMILES string of the molecule is CCO[C@@H]1[C@H](O[Si](C)(C)C(CC)CC)[C@@H](CO)O[C@H]1n1ccc(=O)[nH]c1=O. The summed E-state index contributed by atoms with van der Waals surface area (Å²) in [5.41, 5.74) is -0.587. The monoisotopic (exact) mass is 400 g/mol. The molecule has 0 aliphatic carbocycles. The predicted octanol–water partition coefficient (Wildman–Crippen LogP) is 1.61. The molecule has 0 amide bonds. The molecule has 2 N–H and O–H groups in total. The van der Waals surface area contributed by atoms with Gasteiger partial charge in [-0.2, -0.15) is 0 Å². The Morgan fingerprint density at radius 1 is 1.26 bits per heavy atom. The molecule has 154 valence electrons. The number of aliphatic hydroxyl groups excluding tert-OH is 1. The number of rotatable bonds is 9. The van der Waals surface area contributed by atoms with Gasteiger partial charge in [-0.25, -0.2) is 4.79 Å². The van der Waals surface area contributed by atoms with Crippen LogP contribution in [0.4, 0.5) is 0 Å². The first-order chi connectivity index (χ1) is 12.8. The lowest BCUT2D eigenvalue weighted by molar-refractivity contribution is -0.0714. The number of hydrogen-bond donors (Lipinski definition) is 2. The maximum absolute atomic E-state index is 12.2. The molecule has 2 heterocycles. The highest BCUT2D eigenvalue weighted by atomic mass is 28.4. The van der Waals surface area contributed by atoms with Gasteiger partial charge in [0.15, 0.2) is 14.5 Å². The summed E-state index contributed by atoms with van der Waals surface area (Å²) in [5, 5.41) is 9.86. The van der Waals surface area contributed by atoms with Gasteiger partial charge in [-0.3, -0.25) is 14.3 Å². The van der Waals surface area contributed by atoms with Gasteiger partial charge in [0, 0.05) is 18.9 Å². The lowest BCUT2D eigenvalue weighted by Gasteiger charge is -2.36. The summed E-state index contributed by atoms with van der Waals surface area (Å²) in [6, 6.07) is 1.26. The van der Waals surface area contributed by atoms with Crippen LogP contribution in [0.1, 0.15) is 39.8 Å². The summed E-state index contributed by atoms with van der Waals surface area (Å²) < 4.78 is 19.7. The molecule has 1 aromatic heterocycles. The van der Waals surface area contributed by atoms with Gasteiger partial charge in [0.05, 0.1) is 6.61 Å². The third kappa shape index (κ3) is 4.78. The topological polar surface area (TPSA) is 103 Å². The summed E-state index contributed by atoms with van der Waals surface area (Å²) >= 11 is 0. The van der Waals surface area contributed by atoms with Gasteiger partial charge in [0.2, 0.25) is 0 Å². The molecule has 0 spiro atoms. The number of H-pyrrole nitrogens is 1. The van der Waals surface area contributed by atoms with E-state index in [1.165, 1.54) is 16.8 Å². The Bertz CT molecular complexity index is 714. The van der Waals surface area contributed by atoms with Crippen LogP contribution in [0.2, 0.25) is 18.6 Å². The molecule has 27 heavy (non-hydrogen) atoms. The first-order valence-electron chi connectivity index (χ1n) is 9.66. The fraction of sp³-hybridized carbons (Fsp3) is 0.778. The van der Waals surface area contributed by atoms with Crippen LogP contribution in [0.15, 0.2) is 21.9 Å². The van der Waals surface area contributed by atoms with Crippen LogP contribution in [-0.4, -0.2) is 54.5 Å². The van der Waals surface area contributed by atoms with Gasteiger partial charge in [-0.15, -0.1) is 0 Å². The minimum atomic E-state index is -2.10. The van der Waals surface area contributed by atoms with E-state index in [2.05, 4.69) is 31.9 Å². The van der Waals surface area contributed by atoms with Crippen LogP contribution in [-0.2, 0) is 13.9 Å². The van der Waals surface area contributed by atoms with Crippen molar-refractivity contribution in [1.82, 2.24) is 9.55 Å². The average molecular weight is 401 g/mol. The van der Waals surface area contributed by atoms with Crippen molar-refractivity contribution in [3.8, 4) is 0 Å². The number of ether oxygens (including phenoxy) is 2. The molecule has 0 aromatic carbocycles. The third-order valence-corrected chi connectivity index (χ3v) is 9.02. The highest BCUT2D eigenvalue weighted by molar-refractivity contribution is 6.72. The maximum atomic E-state index is 12.2. The lowest BCUT2D eigenvalue weighted by atomic mass is 10.1. The quantitative estimate of drug-likeness (QED) is 0.611. The lowest BCUT2D eigenvalue weighted by Crippen LogP contribution is -2.48. The van der Waals surface area contributed by atoms with Crippen LogP contribution < -0.4 is 11.2 Å². The smallest absolute Gasteiger partial charge is 0.330 e. The van der Waals surface area contributed by atoms with Crippen molar-refractivity contribution in [2.45, 2.75) is 76.8 Å². The first kappa shape index (κ1) is 22.0. The van der Waals surface area contributed by atoms with Crippen LogP contribution in [0, 0.1) is 0 Å². The Balaban J connectivity index is 2.37. The van der Waals surface area contributed by atoms with Gasteiger partial charge in [-0.05, 0) is 25.6 Å². The van der Waals surface area contributed by atoms with Crippen molar-refractivity contribution in [3.63, 3.8) is 0 Å². The Morgan fingerprint density at radius 2 is 1.93 bits per heavy atom. The first-order valence-corrected chi connectivity index (χ1v) is 12.6. The molecule has 1 aliphatic rings. The zero-order chi connectivity index (χ0) is 20.2. The van der Waals surface area contributed by atoms with Gasteiger partial charge in [-0.1, -0.05) is 26.7 Å². The molecule has 0 bridgehead atoms. The highest BCUT2D eigenvalue weighted by Crippen LogP contribution is 2.38. The normalized spacial score (nSPS) is 26.0. The maximum Gasteiger partial charge on any atom is 0.330 e. The predicted molar refractivity (Wildman–Crippen MR) is 104 cm³/mol. The second-order valence-electron chi connectivity index (χ2n) is 7.38. The Kier molecular flexibility index (Phi) is 7.58. The molecule has 1 saturated heterocycles. The second kappa shape index (κ2) is 9.29. The van der Waals surface area contributed by atoms with E-state index < -0.39 is 44.1 Å². The fourth-order valence-electron chi connectivity index (χ4n) is 3.94. The van der Waals surface area contributed by atoms with Crippen LogP contribution in [0.25, 0.3) is 0 Å². The van der Waals surface area contributed by atoms with E-state index in [1.807, 2.05) is 6.92 Å². The van der Waals surface area contributed by atoms with Crippen molar-refractivity contribution >= 4 is 8.32 Å². The largest absolute Gasteiger partial charge is 0.409 e. The molecule has 1 fully saturated rings. The molecule has 4 atom stereocenters. The Morgan fingerprint density at radius 3 is 2.44 bits per heavy atom. The van der Waals surface area contributed by atoms with Crippen molar-refractivity contribution in [1.29, 1.82) is 0 Å². The number of aromatic amines is 1. The van der Waals surface area contributed by atoms with Crippen molar-refractivity contribution in [2.75, 3.05) is 13.2 Å². The molecule has 9 heteroatoms. The summed E-state index contributed by atoms with van der Waals surface area (Å²) in [5.74, 6) is 0. The van der Waals surface area contributed by atoms with E-state index in [0.717, 1.165) is 12.8 Å². The highest BCUT2D eigenvalue weighted by Gasteiger charge is 2.50. The Labute approximate surface area is 160 Å². The molecule has 0 radical (unpaired) electrons. The number of nitrogens with zero attached hydrogens (tertiary/aromatic N) is 1. The minimum Gasteiger partial charge on any atom is -0.409 e. The number of nitrogens with one attached hydrogen (secondary N) is 1. The zero-order valence-corrected chi connectivity index (χ0v) is 17.8. The van der Waals surface area contributed by atoms with Gasteiger partial charge < -0.3 is 19.0 Å². The number of aromatic nitrogens is 2. The van der Waals surface area contributed by atoms with E-state index in [-0.39, 0.29) is 6.61 Å². The molecule has 2 rings (SSSR count). The van der Waals surface area contributed by atoms with E-state index in [4.69, 9.17) is 13.9 Å². The van der Waals surface area contributed by atoms with Crippen molar-refractivity contribution in [2.24, 2.45) is 0 Å². The fourth-order valence-corrected chi connectivity index (χ4v) is 7.08. The average Bonchev–Trinajstić information content (AvgIpc) is 2.93. The van der Waals surface area contributed by atoms with Gasteiger partial charge >= 0.3 is 5.69 Å². The zero-order valence-electron chi connectivity index (χ0n) is 16.8. The van der Waals surface area contributed by atoms with E-state index in [0.29, 0.717) is 12.1 Å². The van der Waals surface area contributed by atoms with Crippen LogP contribution >= 0.6 is 0 Å². The van der Waals surface area contributed by atoms with Gasteiger partial charge in [0.1, 0.15) is 18.3 Å². The van der Waals surface area contributed by atoms with Crippen molar-refractivity contribution < 1.29 is 19.0 Å². The second-order valence-corrected chi connectivity index (χ2v) is 11.6. The van der Waals surface area contributed by atoms with E-state index in [9.17, 15) is 14.7 Å². The Hall–Kier alpha value is -1.26. The standard InChI is InChI=1S/C18H32N2O6Si/c1-6-12(7-2)27(4,5)26-15-13(11-21)25-17(16(15)24-8-3)20-10-9-14(22)19-18(20)23/h9-10,12-13,15-17,21H,6-8,11H2,1-5H3,(H,19,22,23)/t13-,15-,16-,17-/m1/s1. The molecular weight excluding hydrogens is 368 g/mol. The molecule has 0 unspecified atom stereocenters. The van der Waals surface area contributed by atoms with E-state index in [1.54, 1.807) is 0 Å². The summed E-state index contributed by atoms with van der Waals surface area (Å²) in [7, 11) is -2.10. The van der Waals surface area contributed by atoms with Crippen LogP contribution in [0.3, 0.4) is 0 Å².